The van der Waals surface area contributed by atoms with Crippen molar-refractivity contribution in [3.8, 4) is 5.69 Å². The highest BCUT2D eigenvalue weighted by Gasteiger charge is 2.15. The Balaban J connectivity index is 1.46. The lowest BCUT2D eigenvalue weighted by Crippen LogP contribution is -2.38. The van der Waals surface area contributed by atoms with Crippen LogP contribution in [-0.4, -0.2) is 47.5 Å². The molecule has 140 valence electrons. The molecule has 1 fully saturated rings. The summed E-state index contributed by atoms with van der Waals surface area (Å²) >= 11 is 0. The van der Waals surface area contributed by atoms with Crippen molar-refractivity contribution >= 4 is 6.03 Å². The summed E-state index contributed by atoms with van der Waals surface area (Å²) in [5, 5.41) is 7.41. The minimum absolute atomic E-state index is 0.0509. The number of carbonyl (C=O) groups excluding carboxylic acids is 1. The standard InChI is InChI=1S/C20H28N4O2/c1-16-5-3-7-19(11-16)24-14-18(12-22-24)13-23(2)20(25)21-9-8-17-6-4-10-26-15-17/h3,5,7,11-12,14,17H,4,6,8-10,13,15H2,1-2H3,(H,21,25)/t17-/m1/s1. The van der Waals surface area contributed by atoms with Crippen molar-refractivity contribution in [3.05, 3.63) is 47.8 Å². The van der Waals surface area contributed by atoms with Crippen molar-refractivity contribution in [3.63, 3.8) is 0 Å². The Morgan fingerprint density at radius 1 is 1.46 bits per heavy atom. The summed E-state index contributed by atoms with van der Waals surface area (Å²) in [6.07, 6.45) is 7.08. The lowest BCUT2D eigenvalue weighted by Gasteiger charge is -2.23. The molecule has 1 aromatic carbocycles. The number of ether oxygens (including phenoxy) is 1. The summed E-state index contributed by atoms with van der Waals surface area (Å²) < 4.78 is 7.32. The quantitative estimate of drug-likeness (QED) is 0.865. The number of amides is 2. The zero-order valence-corrected chi connectivity index (χ0v) is 15.6. The molecule has 0 unspecified atom stereocenters. The van der Waals surface area contributed by atoms with E-state index in [2.05, 4.69) is 29.5 Å². The van der Waals surface area contributed by atoms with E-state index in [-0.39, 0.29) is 6.03 Å². The number of benzene rings is 1. The zero-order valence-electron chi connectivity index (χ0n) is 15.6. The first-order valence-corrected chi connectivity index (χ1v) is 9.29. The van der Waals surface area contributed by atoms with E-state index < -0.39 is 0 Å². The highest BCUT2D eigenvalue weighted by Crippen LogP contribution is 2.16. The fraction of sp³-hybridized carbons (Fsp3) is 0.500. The molecule has 2 amide bonds. The van der Waals surface area contributed by atoms with Gasteiger partial charge in [-0.25, -0.2) is 9.48 Å². The lowest BCUT2D eigenvalue weighted by atomic mass is 9.99. The van der Waals surface area contributed by atoms with Gasteiger partial charge in [0.2, 0.25) is 0 Å². The Hall–Kier alpha value is -2.34. The Bertz CT molecular complexity index is 722. The number of rotatable bonds is 6. The number of hydrogen-bond donors (Lipinski definition) is 1. The fourth-order valence-electron chi connectivity index (χ4n) is 3.25. The van der Waals surface area contributed by atoms with Crippen molar-refractivity contribution < 1.29 is 9.53 Å². The molecule has 1 N–H and O–H groups in total. The maximum atomic E-state index is 12.3. The molecule has 6 nitrogen and oxygen atoms in total. The van der Waals surface area contributed by atoms with Gasteiger partial charge in [0, 0.05) is 38.6 Å². The molecule has 26 heavy (non-hydrogen) atoms. The number of aromatic nitrogens is 2. The molecular formula is C20H28N4O2. The van der Waals surface area contributed by atoms with Gasteiger partial charge in [0.05, 0.1) is 18.4 Å². The lowest BCUT2D eigenvalue weighted by molar-refractivity contribution is 0.0519. The Kier molecular flexibility index (Phi) is 6.28. The van der Waals surface area contributed by atoms with Gasteiger partial charge in [-0.3, -0.25) is 0 Å². The predicted octanol–water partition coefficient (Wildman–Crippen LogP) is 3.14. The van der Waals surface area contributed by atoms with E-state index in [0.717, 1.165) is 37.3 Å². The Morgan fingerprint density at radius 2 is 2.35 bits per heavy atom. The Labute approximate surface area is 155 Å². The maximum absolute atomic E-state index is 12.3. The van der Waals surface area contributed by atoms with Gasteiger partial charge in [-0.1, -0.05) is 12.1 Å². The minimum Gasteiger partial charge on any atom is -0.381 e. The fourth-order valence-corrected chi connectivity index (χ4v) is 3.25. The van der Waals surface area contributed by atoms with Gasteiger partial charge < -0.3 is 15.0 Å². The first-order valence-electron chi connectivity index (χ1n) is 9.29. The molecule has 2 aromatic rings. The van der Waals surface area contributed by atoms with Gasteiger partial charge in [0.25, 0.3) is 0 Å². The van der Waals surface area contributed by atoms with E-state index in [1.54, 1.807) is 4.90 Å². The SMILES string of the molecule is Cc1cccc(-n2cc(CN(C)C(=O)NCC[C@H]3CCCOC3)cn2)c1. The van der Waals surface area contributed by atoms with E-state index in [0.29, 0.717) is 19.0 Å². The predicted molar refractivity (Wildman–Crippen MR) is 101 cm³/mol. The van der Waals surface area contributed by atoms with E-state index in [9.17, 15) is 4.79 Å². The van der Waals surface area contributed by atoms with Crippen LogP contribution >= 0.6 is 0 Å². The molecule has 0 saturated carbocycles. The molecule has 1 aliphatic heterocycles. The van der Waals surface area contributed by atoms with Crippen LogP contribution in [-0.2, 0) is 11.3 Å². The van der Waals surface area contributed by atoms with Crippen LogP contribution in [0.2, 0.25) is 0 Å². The van der Waals surface area contributed by atoms with Crippen molar-refractivity contribution in [2.24, 2.45) is 5.92 Å². The highest BCUT2D eigenvalue weighted by molar-refractivity contribution is 5.73. The second kappa shape index (κ2) is 8.85. The molecule has 1 saturated heterocycles. The van der Waals surface area contributed by atoms with Gasteiger partial charge >= 0.3 is 6.03 Å². The topological polar surface area (TPSA) is 59.4 Å². The number of urea groups is 1. The van der Waals surface area contributed by atoms with E-state index in [1.165, 1.54) is 12.0 Å². The highest BCUT2D eigenvalue weighted by atomic mass is 16.5. The average Bonchev–Trinajstić information content (AvgIpc) is 3.11. The number of hydrogen-bond acceptors (Lipinski definition) is 3. The van der Waals surface area contributed by atoms with Gasteiger partial charge in [-0.2, -0.15) is 5.10 Å². The second-order valence-corrected chi connectivity index (χ2v) is 7.09. The van der Waals surface area contributed by atoms with Crippen LogP contribution in [0.4, 0.5) is 4.79 Å². The first kappa shape index (κ1) is 18.5. The molecule has 2 heterocycles. The molecule has 0 radical (unpaired) electrons. The number of aryl methyl sites for hydroxylation is 1. The summed E-state index contributed by atoms with van der Waals surface area (Å²) in [6.45, 7) is 4.99. The van der Waals surface area contributed by atoms with Crippen LogP contribution in [0.15, 0.2) is 36.7 Å². The molecule has 1 aliphatic rings. The minimum atomic E-state index is -0.0509. The van der Waals surface area contributed by atoms with Crippen LogP contribution in [0, 0.1) is 12.8 Å². The molecule has 1 aromatic heterocycles. The number of nitrogens with one attached hydrogen (secondary N) is 1. The van der Waals surface area contributed by atoms with Gasteiger partial charge in [0.1, 0.15) is 0 Å². The molecule has 1 atom stereocenters. The Morgan fingerprint density at radius 3 is 3.12 bits per heavy atom. The maximum Gasteiger partial charge on any atom is 0.317 e. The summed E-state index contributed by atoms with van der Waals surface area (Å²) in [4.78, 5) is 14.0. The third-order valence-electron chi connectivity index (χ3n) is 4.75. The van der Waals surface area contributed by atoms with E-state index in [1.807, 2.05) is 36.3 Å². The third kappa shape index (κ3) is 5.08. The smallest absolute Gasteiger partial charge is 0.317 e. The molecule has 3 rings (SSSR count). The third-order valence-corrected chi connectivity index (χ3v) is 4.75. The second-order valence-electron chi connectivity index (χ2n) is 7.09. The largest absolute Gasteiger partial charge is 0.381 e. The van der Waals surface area contributed by atoms with Crippen molar-refractivity contribution in [2.75, 3.05) is 26.8 Å². The molecule has 0 aliphatic carbocycles. The van der Waals surface area contributed by atoms with Crippen molar-refractivity contribution in [1.82, 2.24) is 20.0 Å². The number of nitrogens with zero attached hydrogens (tertiary/aromatic N) is 3. The van der Waals surface area contributed by atoms with Crippen LogP contribution in [0.5, 0.6) is 0 Å². The van der Waals surface area contributed by atoms with Gasteiger partial charge in [0.15, 0.2) is 0 Å². The van der Waals surface area contributed by atoms with Crippen molar-refractivity contribution in [2.45, 2.75) is 32.7 Å². The molecular weight excluding hydrogens is 328 g/mol. The summed E-state index contributed by atoms with van der Waals surface area (Å²) in [7, 11) is 1.81. The summed E-state index contributed by atoms with van der Waals surface area (Å²) in [5.74, 6) is 0.571. The van der Waals surface area contributed by atoms with Crippen LogP contribution in [0.25, 0.3) is 5.69 Å². The normalized spacial score (nSPS) is 17.1. The van der Waals surface area contributed by atoms with Gasteiger partial charge in [-0.05, 0) is 49.8 Å². The van der Waals surface area contributed by atoms with Crippen LogP contribution in [0.3, 0.4) is 0 Å². The van der Waals surface area contributed by atoms with Gasteiger partial charge in [-0.15, -0.1) is 0 Å². The summed E-state index contributed by atoms with van der Waals surface area (Å²) in [6, 6.07) is 8.14. The number of carbonyl (C=O) groups is 1. The summed E-state index contributed by atoms with van der Waals surface area (Å²) in [5.41, 5.74) is 3.22. The van der Waals surface area contributed by atoms with Crippen LogP contribution in [0.1, 0.15) is 30.4 Å². The monoisotopic (exact) mass is 356 g/mol. The molecule has 6 heteroatoms. The average molecular weight is 356 g/mol. The van der Waals surface area contributed by atoms with E-state index in [4.69, 9.17) is 4.74 Å². The molecule has 0 spiro atoms. The van der Waals surface area contributed by atoms with E-state index >= 15 is 0 Å². The van der Waals surface area contributed by atoms with Crippen molar-refractivity contribution in [1.29, 1.82) is 0 Å². The van der Waals surface area contributed by atoms with Crippen LogP contribution < -0.4 is 5.32 Å². The zero-order chi connectivity index (χ0) is 18.4. The first-order chi connectivity index (χ1) is 12.6. The molecule has 0 bridgehead atoms.